The highest BCUT2D eigenvalue weighted by Gasteiger charge is 2.16. The second-order valence-electron chi connectivity index (χ2n) is 5.83. The number of nitrogens with one attached hydrogen (secondary N) is 2. The van der Waals surface area contributed by atoms with Crippen LogP contribution in [-0.2, 0) is 4.79 Å². The highest BCUT2D eigenvalue weighted by molar-refractivity contribution is 6.32. The van der Waals surface area contributed by atoms with Crippen molar-refractivity contribution in [2.75, 3.05) is 11.9 Å². The molecular weight excluding hydrogens is 360 g/mol. The van der Waals surface area contributed by atoms with E-state index in [9.17, 15) is 4.79 Å². The molecule has 1 atom stereocenters. The van der Waals surface area contributed by atoms with Crippen molar-refractivity contribution in [3.05, 3.63) is 94.8 Å². The molecule has 0 radical (unpaired) electrons. The average molecular weight is 377 g/mol. The minimum absolute atomic E-state index is 0.0910. The maximum Gasteiger partial charge on any atom is 0.238 e. The van der Waals surface area contributed by atoms with Gasteiger partial charge in [0.05, 0.1) is 28.9 Å². The molecule has 2 N–H and O–H groups in total. The van der Waals surface area contributed by atoms with Crippen LogP contribution in [0.4, 0.5) is 5.69 Å². The molecule has 1 aromatic heterocycles. The number of anilines is 1. The molecule has 1 unspecified atom stereocenters. The summed E-state index contributed by atoms with van der Waals surface area (Å²) in [7, 11) is 0. The normalized spacial score (nSPS) is 11.4. The van der Waals surface area contributed by atoms with Crippen molar-refractivity contribution in [2.45, 2.75) is 6.04 Å². The number of nitriles is 1. The molecule has 2 aromatic carbocycles. The van der Waals surface area contributed by atoms with E-state index in [1.807, 2.05) is 54.6 Å². The fraction of sp³-hybridized carbons (Fsp3) is 0.0952. The molecule has 1 heterocycles. The van der Waals surface area contributed by atoms with Crippen LogP contribution in [0.5, 0.6) is 0 Å². The van der Waals surface area contributed by atoms with Gasteiger partial charge in [0, 0.05) is 11.9 Å². The maximum atomic E-state index is 12.3. The summed E-state index contributed by atoms with van der Waals surface area (Å²) < 4.78 is 0. The van der Waals surface area contributed by atoms with Crippen molar-refractivity contribution in [2.24, 2.45) is 0 Å². The summed E-state index contributed by atoms with van der Waals surface area (Å²) in [4.78, 5) is 16.7. The Balaban J connectivity index is 1.69. The number of rotatable bonds is 6. The molecule has 1 amide bonds. The van der Waals surface area contributed by atoms with Crippen molar-refractivity contribution in [1.82, 2.24) is 10.3 Å². The molecule has 6 heteroatoms. The summed E-state index contributed by atoms with van der Waals surface area (Å²) in [6.07, 6.45) is 1.73. The van der Waals surface area contributed by atoms with E-state index in [0.29, 0.717) is 16.3 Å². The molecule has 0 bridgehead atoms. The van der Waals surface area contributed by atoms with E-state index < -0.39 is 0 Å². The van der Waals surface area contributed by atoms with Crippen molar-refractivity contribution < 1.29 is 4.79 Å². The first-order valence-corrected chi connectivity index (χ1v) is 8.74. The maximum absolute atomic E-state index is 12.3. The first-order valence-electron chi connectivity index (χ1n) is 8.36. The number of amides is 1. The molecule has 0 aliphatic rings. The summed E-state index contributed by atoms with van der Waals surface area (Å²) in [6, 6.07) is 22.1. The van der Waals surface area contributed by atoms with E-state index in [1.165, 1.54) is 0 Å². The zero-order chi connectivity index (χ0) is 19.1. The molecule has 0 saturated heterocycles. The summed E-state index contributed by atoms with van der Waals surface area (Å²) >= 11 is 6.00. The third-order valence-electron chi connectivity index (χ3n) is 3.96. The first-order chi connectivity index (χ1) is 13.2. The Morgan fingerprint density at radius 3 is 2.56 bits per heavy atom. The number of pyridine rings is 1. The molecule has 5 nitrogen and oxygen atoms in total. The zero-order valence-electron chi connectivity index (χ0n) is 14.4. The minimum atomic E-state index is -0.215. The smallest absolute Gasteiger partial charge is 0.238 e. The highest BCUT2D eigenvalue weighted by Crippen LogP contribution is 2.21. The Bertz CT molecular complexity index is 915. The average Bonchev–Trinajstić information content (AvgIpc) is 2.70. The van der Waals surface area contributed by atoms with Gasteiger partial charge >= 0.3 is 0 Å². The second kappa shape index (κ2) is 8.95. The summed E-state index contributed by atoms with van der Waals surface area (Å²) in [5.41, 5.74) is 2.76. The minimum Gasteiger partial charge on any atom is -0.325 e. The van der Waals surface area contributed by atoms with Crippen LogP contribution in [0.2, 0.25) is 5.02 Å². The van der Waals surface area contributed by atoms with E-state index >= 15 is 0 Å². The van der Waals surface area contributed by atoms with Gasteiger partial charge < -0.3 is 5.32 Å². The van der Waals surface area contributed by atoms with E-state index in [1.54, 1.807) is 24.4 Å². The molecule has 0 aliphatic carbocycles. The van der Waals surface area contributed by atoms with Gasteiger partial charge in [0.25, 0.3) is 0 Å². The van der Waals surface area contributed by atoms with Crippen molar-refractivity contribution >= 4 is 23.2 Å². The Morgan fingerprint density at radius 1 is 1.11 bits per heavy atom. The molecule has 134 valence electrons. The predicted octanol–water partition coefficient (Wildman–Crippen LogP) is 3.92. The van der Waals surface area contributed by atoms with E-state index in [2.05, 4.69) is 15.6 Å². The Labute approximate surface area is 162 Å². The van der Waals surface area contributed by atoms with Gasteiger partial charge in [-0.25, -0.2) is 0 Å². The molecule has 3 aromatic rings. The van der Waals surface area contributed by atoms with Gasteiger partial charge in [-0.15, -0.1) is 0 Å². The number of hydrogen-bond acceptors (Lipinski definition) is 4. The summed E-state index contributed by atoms with van der Waals surface area (Å²) in [5.74, 6) is -0.215. The topological polar surface area (TPSA) is 77.8 Å². The number of aromatic nitrogens is 1. The quantitative estimate of drug-likeness (QED) is 0.683. The van der Waals surface area contributed by atoms with E-state index in [0.717, 1.165) is 11.3 Å². The van der Waals surface area contributed by atoms with Crippen molar-refractivity contribution in [3.63, 3.8) is 0 Å². The monoisotopic (exact) mass is 376 g/mol. The van der Waals surface area contributed by atoms with Crippen LogP contribution in [0.3, 0.4) is 0 Å². The predicted molar refractivity (Wildman–Crippen MR) is 105 cm³/mol. The fourth-order valence-electron chi connectivity index (χ4n) is 2.67. The van der Waals surface area contributed by atoms with Crippen LogP contribution in [0, 0.1) is 11.3 Å². The second-order valence-corrected chi connectivity index (χ2v) is 6.24. The van der Waals surface area contributed by atoms with Crippen LogP contribution in [0.15, 0.2) is 72.9 Å². The van der Waals surface area contributed by atoms with Crippen LogP contribution in [0.25, 0.3) is 0 Å². The Kier molecular flexibility index (Phi) is 6.16. The zero-order valence-corrected chi connectivity index (χ0v) is 15.1. The van der Waals surface area contributed by atoms with Gasteiger partial charge in [-0.1, -0.05) is 48.0 Å². The van der Waals surface area contributed by atoms with Crippen LogP contribution in [-0.4, -0.2) is 17.4 Å². The largest absolute Gasteiger partial charge is 0.325 e. The summed E-state index contributed by atoms with van der Waals surface area (Å²) in [6.45, 7) is 0.0910. The summed E-state index contributed by atoms with van der Waals surface area (Å²) in [5, 5.41) is 15.2. The highest BCUT2D eigenvalue weighted by atomic mass is 35.5. The molecule has 0 aliphatic heterocycles. The Hall–Kier alpha value is -3.20. The number of carbonyl (C=O) groups is 1. The van der Waals surface area contributed by atoms with Gasteiger partial charge in [-0.2, -0.15) is 5.26 Å². The number of hydrogen-bond donors (Lipinski definition) is 2. The molecule has 0 spiro atoms. The molecule has 0 saturated carbocycles. The lowest BCUT2D eigenvalue weighted by Gasteiger charge is -2.18. The van der Waals surface area contributed by atoms with Crippen LogP contribution >= 0.6 is 11.6 Å². The number of halogens is 1. The van der Waals surface area contributed by atoms with E-state index in [4.69, 9.17) is 16.9 Å². The Morgan fingerprint density at radius 2 is 1.89 bits per heavy atom. The van der Waals surface area contributed by atoms with Crippen LogP contribution in [0.1, 0.15) is 22.9 Å². The molecule has 3 rings (SSSR count). The fourth-order valence-corrected chi connectivity index (χ4v) is 2.89. The standard InChI is InChI=1S/C21H17ClN4O/c22-18-12-17(10-9-16(18)13-23)26-20(27)14-25-21(15-6-2-1-3-7-15)19-8-4-5-11-24-19/h1-12,21,25H,14H2,(H,26,27). The molecule has 27 heavy (non-hydrogen) atoms. The number of nitrogens with zero attached hydrogens (tertiary/aromatic N) is 2. The molecular formula is C21H17ClN4O. The van der Waals surface area contributed by atoms with E-state index in [-0.39, 0.29) is 18.5 Å². The van der Waals surface area contributed by atoms with Crippen molar-refractivity contribution in [3.8, 4) is 6.07 Å². The number of carbonyl (C=O) groups excluding carboxylic acids is 1. The van der Waals surface area contributed by atoms with Gasteiger partial charge in [0.15, 0.2) is 0 Å². The SMILES string of the molecule is N#Cc1ccc(NC(=O)CNC(c2ccccc2)c2ccccn2)cc1Cl. The van der Waals surface area contributed by atoms with Gasteiger partial charge in [0.1, 0.15) is 6.07 Å². The van der Waals surface area contributed by atoms with Crippen LogP contribution < -0.4 is 10.6 Å². The third kappa shape index (κ3) is 4.91. The first kappa shape index (κ1) is 18.6. The van der Waals surface area contributed by atoms with Gasteiger partial charge in [0.2, 0.25) is 5.91 Å². The lowest BCUT2D eigenvalue weighted by Crippen LogP contribution is -2.32. The number of benzene rings is 2. The van der Waals surface area contributed by atoms with Crippen molar-refractivity contribution in [1.29, 1.82) is 5.26 Å². The third-order valence-corrected chi connectivity index (χ3v) is 4.27. The lowest BCUT2D eigenvalue weighted by atomic mass is 10.0. The van der Waals surface area contributed by atoms with Gasteiger partial charge in [-0.3, -0.25) is 15.1 Å². The lowest BCUT2D eigenvalue weighted by molar-refractivity contribution is -0.115. The molecule has 0 fully saturated rings. The van der Waals surface area contributed by atoms with Gasteiger partial charge in [-0.05, 0) is 35.9 Å².